The molecule has 122 valence electrons. The molecule has 6 heteroatoms. The number of sulfone groups is 1. The van der Waals surface area contributed by atoms with Crippen LogP contribution in [0.1, 0.15) is 38.3 Å². The lowest BCUT2D eigenvalue weighted by molar-refractivity contribution is -0.121. The molecule has 0 aromatic heterocycles. The van der Waals surface area contributed by atoms with Crippen molar-refractivity contribution in [3.8, 4) is 5.75 Å². The average Bonchev–Trinajstić information content (AvgIpc) is 2.44. The van der Waals surface area contributed by atoms with Crippen molar-refractivity contribution in [2.24, 2.45) is 5.92 Å². The number of carbonyl (C=O) groups is 1. The van der Waals surface area contributed by atoms with E-state index >= 15 is 0 Å². The summed E-state index contributed by atoms with van der Waals surface area (Å²) in [6.45, 7) is 4.26. The minimum absolute atomic E-state index is 0.00851. The number of para-hydroxylation sites is 1. The zero-order valence-corrected chi connectivity index (χ0v) is 13.9. The van der Waals surface area contributed by atoms with Crippen molar-refractivity contribution in [3.05, 3.63) is 29.8 Å². The Hall–Kier alpha value is -1.56. The van der Waals surface area contributed by atoms with Crippen LogP contribution in [-0.2, 0) is 14.6 Å². The second kappa shape index (κ2) is 7.13. The summed E-state index contributed by atoms with van der Waals surface area (Å²) in [5.41, 5.74) is 0.951. The van der Waals surface area contributed by atoms with E-state index in [9.17, 15) is 13.2 Å². The van der Waals surface area contributed by atoms with Crippen LogP contribution >= 0.6 is 0 Å². The van der Waals surface area contributed by atoms with Crippen molar-refractivity contribution < 1.29 is 17.9 Å². The van der Waals surface area contributed by atoms with Crippen LogP contribution in [-0.4, -0.2) is 32.4 Å². The fourth-order valence-electron chi connectivity index (χ4n) is 2.60. The quantitative estimate of drug-likeness (QED) is 0.869. The molecule has 5 nitrogen and oxygen atoms in total. The van der Waals surface area contributed by atoms with Crippen LogP contribution in [0.15, 0.2) is 24.3 Å². The number of hydrogen-bond acceptors (Lipinski definition) is 4. The third-order valence-electron chi connectivity index (χ3n) is 3.52. The van der Waals surface area contributed by atoms with Gasteiger partial charge in [-0.15, -0.1) is 0 Å². The smallest absolute Gasteiger partial charge is 0.221 e. The van der Waals surface area contributed by atoms with Gasteiger partial charge >= 0.3 is 0 Å². The standard InChI is InChI=1S/C16H23NO4S/c1-12(2)11-22(19,20)10-8-16(18)17-14-7-9-21-15-6-4-3-5-13(14)15/h3-6,12,14H,7-11H2,1-2H3,(H,17,18). The van der Waals surface area contributed by atoms with E-state index in [4.69, 9.17) is 4.74 Å². The maximum atomic E-state index is 12.0. The van der Waals surface area contributed by atoms with Crippen LogP contribution in [0.25, 0.3) is 0 Å². The van der Waals surface area contributed by atoms with Crippen molar-refractivity contribution in [1.82, 2.24) is 5.32 Å². The maximum absolute atomic E-state index is 12.0. The van der Waals surface area contributed by atoms with E-state index < -0.39 is 9.84 Å². The molecule has 0 bridgehead atoms. The van der Waals surface area contributed by atoms with Gasteiger partial charge in [-0.05, 0) is 12.0 Å². The fourth-order valence-corrected chi connectivity index (χ4v) is 4.28. The predicted octanol–water partition coefficient (Wildman–Crippen LogP) is 2.09. The number of benzene rings is 1. The third kappa shape index (κ3) is 4.73. The molecule has 0 saturated heterocycles. The van der Waals surface area contributed by atoms with Gasteiger partial charge < -0.3 is 10.1 Å². The molecular weight excluding hydrogens is 302 g/mol. The fraction of sp³-hybridized carbons (Fsp3) is 0.562. The van der Waals surface area contributed by atoms with Gasteiger partial charge in [0, 0.05) is 18.4 Å². The van der Waals surface area contributed by atoms with Crippen molar-refractivity contribution in [3.63, 3.8) is 0 Å². The zero-order valence-electron chi connectivity index (χ0n) is 13.0. The summed E-state index contributed by atoms with van der Waals surface area (Å²) in [4.78, 5) is 12.0. The molecule has 0 aliphatic carbocycles. The highest BCUT2D eigenvalue weighted by Crippen LogP contribution is 2.31. The molecule has 0 fully saturated rings. The first-order valence-corrected chi connectivity index (χ1v) is 9.41. The van der Waals surface area contributed by atoms with Crippen LogP contribution in [0.3, 0.4) is 0 Å². The minimum atomic E-state index is -3.16. The molecule has 1 aromatic carbocycles. The zero-order chi connectivity index (χ0) is 16.2. The van der Waals surface area contributed by atoms with E-state index in [1.54, 1.807) is 0 Å². The van der Waals surface area contributed by atoms with Crippen LogP contribution < -0.4 is 10.1 Å². The average molecular weight is 325 g/mol. The molecule has 0 saturated carbocycles. The summed E-state index contributed by atoms with van der Waals surface area (Å²) in [6, 6.07) is 7.49. The first kappa shape index (κ1) is 16.8. The first-order chi connectivity index (χ1) is 10.4. The summed E-state index contributed by atoms with van der Waals surface area (Å²) in [7, 11) is -3.16. The van der Waals surface area contributed by atoms with Crippen molar-refractivity contribution in [1.29, 1.82) is 0 Å². The van der Waals surface area contributed by atoms with Crippen molar-refractivity contribution in [2.75, 3.05) is 18.1 Å². The lowest BCUT2D eigenvalue weighted by atomic mass is 10.0. The summed E-state index contributed by atoms with van der Waals surface area (Å²) in [6.07, 6.45) is 0.704. The molecular formula is C16H23NO4S. The predicted molar refractivity (Wildman–Crippen MR) is 85.5 cm³/mol. The number of nitrogens with one attached hydrogen (secondary N) is 1. The Balaban J connectivity index is 1.91. The van der Waals surface area contributed by atoms with E-state index in [0.29, 0.717) is 13.0 Å². The number of amides is 1. The van der Waals surface area contributed by atoms with Gasteiger partial charge in [-0.3, -0.25) is 4.79 Å². The van der Waals surface area contributed by atoms with Gasteiger partial charge in [0.25, 0.3) is 0 Å². The van der Waals surface area contributed by atoms with E-state index in [-0.39, 0.29) is 35.8 Å². The highest BCUT2D eigenvalue weighted by atomic mass is 32.2. The van der Waals surface area contributed by atoms with Crippen LogP contribution in [0.4, 0.5) is 0 Å². The molecule has 1 unspecified atom stereocenters. The Morgan fingerprint density at radius 2 is 2.09 bits per heavy atom. The molecule has 1 atom stereocenters. The molecule has 1 aliphatic rings. The van der Waals surface area contributed by atoms with E-state index in [1.165, 1.54) is 0 Å². The van der Waals surface area contributed by atoms with E-state index in [0.717, 1.165) is 11.3 Å². The lowest BCUT2D eigenvalue weighted by Crippen LogP contribution is -2.33. The number of ether oxygens (including phenoxy) is 1. The van der Waals surface area contributed by atoms with Crippen molar-refractivity contribution >= 4 is 15.7 Å². The summed E-state index contributed by atoms with van der Waals surface area (Å²) in [5.74, 6) is 0.665. The Morgan fingerprint density at radius 3 is 2.82 bits per heavy atom. The molecule has 0 spiro atoms. The van der Waals surface area contributed by atoms with Gasteiger partial charge in [0.05, 0.1) is 24.2 Å². The van der Waals surface area contributed by atoms with Crippen molar-refractivity contribution in [2.45, 2.75) is 32.7 Å². The topological polar surface area (TPSA) is 72.5 Å². The van der Waals surface area contributed by atoms with Gasteiger partial charge in [-0.1, -0.05) is 32.0 Å². The second-order valence-corrected chi connectivity index (χ2v) is 8.28. The second-order valence-electron chi connectivity index (χ2n) is 6.05. The maximum Gasteiger partial charge on any atom is 0.221 e. The Labute approximate surface area is 132 Å². The van der Waals surface area contributed by atoms with E-state index in [1.807, 2.05) is 38.1 Å². The number of rotatable bonds is 6. The molecule has 22 heavy (non-hydrogen) atoms. The molecule has 2 rings (SSSR count). The number of fused-ring (bicyclic) bond motifs is 1. The molecule has 0 radical (unpaired) electrons. The molecule has 1 heterocycles. The van der Waals surface area contributed by atoms with Gasteiger partial charge in [-0.25, -0.2) is 8.42 Å². The number of carbonyl (C=O) groups excluding carboxylic acids is 1. The van der Waals surface area contributed by atoms with Gasteiger partial charge in [-0.2, -0.15) is 0 Å². The van der Waals surface area contributed by atoms with Crippen LogP contribution in [0.2, 0.25) is 0 Å². The van der Waals surface area contributed by atoms with E-state index in [2.05, 4.69) is 5.32 Å². The van der Waals surface area contributed by atoms with Gasteiger partial charge in [0.2, 0.25) is 5.91 Å². The molecule has 1 aromatic rings. The monoisotopic (exact) mass is 325 g/mol. The number of hydrogen-bond donors (Lipinski definition) is 1. The minimum Gasteiger partial charge on any atom is -0.493 e. The lowest BCUT2D eigenvalue weighted by Gasteiger charge is -2.26. The Kier molecular flexibility index (Phi) is 5.45. The molecule has 1 aliphatic heterocycles. The molecule has 1 N–H and O–H groups in total. The Morgan fingerprint density at radius 1 is 1.36 bits per heavy atom. The summed E-state index contributed by atoms with van der Waals surface area (Å²) in [5, 5.41) is 2.92. The van der Waals surface area contributed by atoms with Crippen LogP contribution in [0, 0.1) is 5.92 Å². The highest BCUT2D eigenvalue weighted by Gasteiger charge is 2.23. The van der Waals surface area contributed by atoms with Gasteiger partial charge in [0.1, 0.15) is 5.75 Å². The SMILES string of the molecule is CC(C)CS(=O)(=O)CCC(=O)NC1CCOc2ccccc21. The summed E-state index contributed by atoms with van der Waals surface area (Å²) < 4.78 is 29.2. The molecule has 1 amide bonds. The Bertz CT molecular complexity index is 625. The normalized spacial score (nSPS) is 17.7. The summed E-state index contributed by atoms with van der Waals surface area (Å²) >= 11 is 0. The third-order valence-corrected chi connectivity index (χ3v) is 5.52. The van der Waals surface area contributed by atoms with Crippen LogP contribution in [0.5, 0.6) is 5.75 Å². The first-order valence-electron chi connectivity index (χ1n) is 7.59. The van der Waals surface area contributed by atoms with Gasteiger partial charge in [0.15, 0.2) is 9.84 Å². The largest absolute Gasteiger partial charge is 0.493 e. The highest BCUT2D eigenvalue weighted by molar-refractivity contribution is 7.91.